The molecule has 0 saturated carbocycles. The van der Waals surface area contributed by atoms with E-state index in [1.54, 1.807) is 0 Å². The molecule has 1 aromatic heterocycles. The first-order valence-corrected chi connectivity index (χ1v) is 8.88. The zero-order chi connectivity index (χ0) is 18.6. The average molecular weight is 342 g/mol. The fourth-order valence-corrected chi connectivity index (χ4v) is 3.34. The number of hydrogen-bond acceptors (Lipinski definition) is 3. The van der Waals surface area contributed by atoms with Gasteiger partial charge in [0, 0.05) is 18.8 Å². The van der Waals surface area contributed by atoms with E-state index in [-0.39, 0.29) is 11.9 Å². The van der Waals surface area contributed by atoms with Crippen LogP contribution in [0.3, 0.4) is 0 Å². The average Bonchev–Trinajstić information content (AvgIpc) is 2.82. The summed E-state index contributed by atoms with van der Waals surface area (Å²) in [6.07, 6.45) is 0.803. The lowest BCUT2D eigenvalue weighted by Gasteiger charge is -2.24. The molecule has 2 rings (SSSR count). The molecule has 0 saturated heterocycles. The standard InChI is InChI=1S/C20H30N4O/c1-7-24-16(4)18(15(3)22-24)11-12-21-20(25)19(23(5)6)17-10-8-9-14(2)13-17/h8-10,13,19H,7,11-12H2,1-6H3,(H,21,25)/t19-/m1/s1. The summed E-state index contributed by atoms with van der Waals surface area (Å²) < 4.78 is 2.02. The molecule has 0 radical (unpaired) electrons. The van der Waals surface area contributed by atoms with Crippen molar-refractivity contribution in [3.63, 3.8) is 0 Å². The quantitative estimate of drug-likeness (QED) is 0.842. The normalized spacial score (nSPS) is 12.4. The van der Waals surface area contributed by atoms with Crippen molar-refractivity contribution in [1.82, 2.24) is 20.0 Å². The Morgan fingerprint density at radius 3 is 2.56 bits per heavy atom. The Hall–Kier alpha value is -2.14. The van der Waals surface area contributed by atoms with E-state index in [9.17, 15) is 4.79 Å². The van der Waals surface area contributed by atoms with Gasteiger partial charge < -0.3 is 5.32 Å². The number of carbonyl (C=O) groups is 1. The summed E-state index contributed by atoms with van der Waals surface area (Å²) in [5, 5.41) is 7.64. The van der Waals surface area contributed by atoms with Crippen LogP contribution in [0.15, 0.2) is 24.3 Å². The van der Waals surface area contributed by atoms with Crippen LogP contribution in [0, 0.1) is 20.8 Å². The number of rotatable bonds is 7. The Balaban J connectivity index is 2.04. The minimum Gasteiger partial charge on any atom is -0.354 e. The highest BCUT2D eigenvalue weighted by molar-refractivity contribution is 5.83. The number of aryl methyl sites for hydroxylation is 3. The first kappa shape index (κ1) is 19.2. The van der Waals surface area contributed by atoms with Crippen LogP contribution in [0.2, 0.25) is 0 Å². The van der Waals surface area contributed by atoms with E-state index in [0.29, 0.717) is 6.54 Å². The molecule has 136 valence electrons. The Morgan fingerprint density at radius 2 is 2.00 bits per heavy atom. The molecule has 0 unspecified atom stereocenters. The van der Waals surface area contributed by atoms with E-state index in [0.717, 1.165) is 29.8 Å². The van der Waals surface area contributed by atoms with Gasteiger partial charge in [-0.3, -0.25) is 14.4 Å². The topological polar surface area (TPSA) is 50.2 Å². The Kier molecular flexibility index (Phi) is 6.37. The van der Waals surface area contributed by atoms with Gasteiger partial charge in [0.25, 0.3) is 0 Å². The molecule has 1 aromatic carbocycles. The zero-order valence-corrected chi connectivity index (χ0v) is 16.3. The van der Waals surface area contributed by atoms with Gasteiger partial charge in [-0.05, 0) is 59.3 Å². The number of nitrogens with one attached hydrogen (secondary N) is 1. The third-order valence-electron chi connectivity index (χ3n) is 4.63. The molecule has 0 aliphatic rings. The van der Waals surface area contributed by atoms with Gasteiger partial charge in [0.1, 0.15) is 6.04 Å². The van der Waals surface area contributed by atoms with Gasteiger partial charge in [-0.25, -0.2) is 0 Å². The number of hydrogen-bond donors (Lipinski definition) is 1. The molecular weight excluding hydrogens is 312 g/mol. The van der Waals surface area contributed by atoms with E-state index < -0.39 is 0 Å². The van der Waals surface area contributed by atoms with Crippen molar-refractivity contribution in [2.75, 3.05) is 20.6 Å². The summed E-state index contributed by atoms with van der Waals surface area (Å²) >= 11 is 0. The fourth-order valence-electron chi connectivity index (χ4n) is 3.34. The summed E-state index contributed by atoms with van der Waals surface area (Å²) in [5.74, 6) is 0.0359. The molecule has 0 aliphatic carbocycles. The van der Waals surface area contributed by atoms with Gasteiger partial charge in [0.15, 0.2) is 0 Å². The highest BCUT2D eigenvalue weighted by atomic mass is 16.2. The monoisotopic (exact) mass is 342 g/mol. The Labute approximate surface area is 151 Å². The Bertz CT molecular complexity index is 733. The van der Waals surface area contributed by atoms with Gasteiger partial charge in [0.05, 0.1) is 5.69 Å². The van der Waals surface area contributed by atoms with E-state index in [2.05, 4.69) is 30.3 Å². The lowest BCUT2D eigenvalue weighted by Crippen LogP contribution is -2.38. The van der Waals surface area contributed by atoms with E-state index >= 15 is 0 Å². The molecule has 1 amide bonds. The number of aromatic nitrogens is 2. The molecule has 0 fully saturated rings. The van der Waals surface area contributed by atoms with Gasteiger partial charge in [0.2, 0.25) is 5.91 Å². The summed E-state index contributed by atoms with van der Waals surface area (Å²) in [6, 6.07) is 7.85. The third-order valence-corrected chi connectivity index (χ3v) is 4.63. The summed E-state index contributed by atoms with van der Waals surface area (Å²) in [7, 11) is 3.87. The van der Waals surface area contributed by atoms with Crippen LogP contribution in [0.1, 0.15) is 41.0 Å². The predicted octanol–water partition coefficient (Wildman–Crippen LogP) is 2.79. The molecular formula is C20H30N4O. The first-order chi connectivity index (χ1) is 11.8. The van der Waals surface area contributed by atoms with Gasteiger partial charge >= 0.3 is 0 Å². The van der Waals surface area contributed by atoms with Gasteiger partial charge in [-0.2, -0.15) is 5.10 Å². The summed E-state index contributed by atoms with van der Waals surface area (Å²) in [5.41, 5.74) is 5.66. The molecule has 0 aliphatic heterocycles. The second-order valence-electron chi connectivity index (χ2n) is 6.79. The number of carbonyl (C=O) groups excluding carboxylic acids is 1. The molecule has 1 atom stereocenters. The highest BCUT2D eigenvalue weighted by Crippen LogP contribution is 2.20. The summed E-state index contributed by atoms with van der Waals surface area (Å²) in [6.45, 7) is 9.75. The zero-order valence-electron chi connectivity index (χ0n) is 16.3. The molecule has 5 nitrogen and oxygen atoms in total. The van der Waals surface area contributed by atoms with E-state index in [4.69, 9.17) is 0 Å². The minimum atomic E-state index is -0.277. The van der Waals surface area contributed by atoms with Crippen molar-refractivity contribution < 1.29 is 4.79 Å². The second kappa shape index (κ2) is 8.30. The van der Waals surface area contributed by atoms with Crippen LogP contribution < -0.4 is 5.32 Å². The predicted molar refractivity (Wildman–Crippen MR) is 102 cm³/mol. The highest BCUT2D eigenvalue weighted by Gasteiger charge is 2.22. The fraction of sp³-hybridized carbons (Fsp3) is 0.500. The van der Waals surface area contributed by atoms with E-state index in [1.165, 1.54) is 11.3 Å². The molecule has 0 bridgehead atoms. The van der Waals surface area contributed by atoms with Crippen molar-refractivity contribution in [1.29, 1.82) is 0 Å². The van der Waals surface area contributed by atoms with Crippen molar-refractivity contribution in [3.8, 4) is 0 Å². The van der Waals surface area contributed by atoms with Crippen LogP contribution in [-0.2, 0) is 17.8 Å². The third kappa shape index (κ3) is 4.48. The number of likely N-dealkylation sites (N-methyl/N-ethyl adjacent to an activating group) is 1. The van der Waals surface area contributed by atoms with Crippen LogP contribution in [0.25, 0.3) is 0 Å². The number of benzene rings is 1. The number of amides is 1. The molecule has 5 heteroatoms. The molecule has 1 heterocycles. The maximum Gasteiger partial charge on any atom is 0.241 e. The van der Waals surface area contributed by atoms with Crippen LogP contribution in [-0.4, -0.2) is 41.2 Å². The van der Waals surface area contributed by atoms with Crippen LogP contribution in [0.4, 0.5) is 0 Å². The smallest absolute Gasteiger partial charge is 0.241 e. The van der Waals surface area contributed by atoms with Gasteiger partial charge in [-0.1, -0.05) is 29.8 Å². The maximum absolute atomic E-state index is 12.7. The van der Waals surface area contributed by atoms with Crippen LogP contribution >= 0.6 is 0 Å². The van der Waals surface area contributed by atoms with Crippen molar-refractivity contribution in [2.45, 2.75) is 46.7 Å². The summed E-state index contributed by atoms with van der Waals surface area (Å²) in [4.78, 5) is 14.7. The largest absolute Gasteiger partial charge is 0.354 e. The van der Waals surface area contributed by atoms with Gasteiger partial charge in [-0.15, -0.1) is 0 Å². The van der Waals surface area contributed by atoms with Crippen LogP contribution in [0.5, 0.6) is 0 Å². The molecule has 1 N–H and O–H groups in total. The van der Waals surface area contributed by atoms with E-state index in [1.807, 2.05) is 55.7 Å². The lowest BCUT2D eigenvalue weighted by molar-refractivity contribution is -0.125. The van der Waals surface area contributed by atoms with Crippen molar-refractivity contribution in [2.24, 2.45) is 0 Å². The van der Waals surface area contributed by atoms with Crippen molar-refractivity contribution >= 4 is 5.91 Å². The molecule has 2 aromatic rings. The molecule has 25 heavy (non-hydrogen) atoms. The SMILES string of the molecule is CCn1nc(C)c(CCNC(=O)[C@@H](c2cccc(C)c2)N(C)C)c1C. The Morgan fingerprint density at radius 1 is 1.28 bits per heavy atom. The molecule has 0 spiro atoms. The van der Waals surface area contributed by atoms with Crippen molar-refractivity contribution in [3.05, 3.63) is 52.3 Å². The number of nitrogens with zero attached hydrogens (tertiary/aromatic N) is 3. The first-order valence-electron chi connectivity index (χ1n) is 8.88. The second-order valence-corrected chi connectivity index (χ2v) is 6.79. The maximum atomic E-state index is 12.7. The lowest BCUT2D eigenvalue weighted by atomic mass is 10.0. The minimum absolute atomic E-state index is 0.0359.